The number of aryl methyl sites for hydroxylation is 1. The monoisotopic (exact) mass is 292 g/mol. The molecule has 21 heavy (non-hydrogen) atoms. The van der Waals surface area contributed by atoms with Gasteiger partial charge >= 0.3 is 12.0 Å². The van der Waals surface area contributed by atoms with E-state index in [0.29, 0.717) is 43.1 Å². The van der Waals surface area contributed by atoms with Crippen LogP contribution in [0.2, 0.25) is 0 Å². The van der Waals surface area contributed by atoms with Crippen LogP contribution in [0.5, 0.6) is 0 Å². The number of rotatable bonds is 2. The second-order valence-corrected chi connectivity index (χ2v) is 5.09. The largest absolute Gasteiger partial charge is 0.469 e. The molecule has 2 heterocycles. The number of aromatic nitrogens is 1. The highest BCUT2D eigenvalue weighted by Crippen LogP contribution is 2.19. The van der Waals surface area contributed by atoms with Gasteiger partial charge < -0.3 is 15.4 Å². The number of esters is 1. The van der Waals surface area contributed by atoms with E-state index in [9.17, 15) is 9.59 Å². The molecular formula is C14H20N4O3. The van der Waals surface area contributed by atoms with Crippen LogP contribution in [0.3, 0.4) is 0 Å². The van der Waals surface area contributed by atoms with Gasteiger partial charge in [0.15, 0.2) is 0 Å². The molecule has 0 atom stereocenters. The molecule has 2 rings (SSSR count). The number of methoxy groups -OCH3 is 1. The second-order valence-electron chi connectivity index (χ2n) is 5.09. The Bertz CT molecular complexity index is 539. The third kappa shape index (κ3) is 3.62. The minimum atomic E-state index is -0.213. The molecule has 3 N–H and O–H groups in total. The van der Waals surface area contributed by atoms with Gasteiger partial charge in [0, 0.05) is 13.1 Å². The van der Waals surface area contributed by atoms with Crippen LogP contribution in [0.1, 0.15) is 18.5 Å². The zero-order valence-electron chi connectivity index (χ0n) is 12.3. The number of ether oxygens (including phenoxy) is 1. The first kappa shape index (κ1) is 15.1. The molecule has 114 valence electrons. The number of urea groups is 1. The van der Waals surface area contributed by atoms with Crippen molar-refractivity contribution >= 4 is 23.5 Å². The maximum absolute atomic E-state index is 12.1. The van der Waals surface area contributed by atoms with Crippen molar-refractivity contribution in [2.24, 2.45) is 5.92 Å². The molecular weight excluding hydrogens is 272 g/mol. The Morgan fingerprint density at radius 3 is 2.62 bits per heavy atom. The van der Waals surface area contributed by atoms with Crippen LogP contribution in [-0.2, 0) is 9.53 Å². The minimum absolute atomic E-state index is 0.115. The molecule has 0 radical (unpaired) electrons. The number of anilines is 2. The van der Waals surface area contributed by atoms with Crippen molar-refractivity contribution < 1.29 is 14.3 Å². The zero-order chi connectivity index (χ0) is 15.4. The smallest absolute Gasteiger partial charge is 0.323 e. The molecule has 2 amide bonds. The number of hydrogen-bond donors (Lipinski definition) is 2. The zero-order valence-corrected chi connectivity index (χ0v) is 12.3. The predicted octanol–water partition coefficient (Wildman–Crippen LogP) is 1.39. The summed E-state index contributed by atoms with van der Waals surface area (Å²) in [5.41, 5.74) is 6.96. The molecule has 1 aliphatic rings. The van der Waals surface area contributed by atoms with E-state index in [1.165, 1.54) is 7.11 Å². The highest BCUT2D eigenvalue weighted by Gasteiger charge is 2.27. The maximum Gasteiger partial charge on any atom is 0.323 e. The summed E-state index contributed by atoms with van der Waals surface area (Å²) in [6, 6.07) is 3.16. The Morgan fingerprint density at radius 2 is 2.05 bits per heavy atom. The maximum atomic E-state index is 12.1. The summed E-state index contributed by atoms with van der Waals surface area (Å²) in [4.78, 5) is 29.5. The minimum Gasteiger partial charge on any atom is -0.469 e. The van der Waals surface area contributed by atoms with Crippen LogP contribution < -0.4 is 11.1 Å². The molecule has 0 unspecified atom stereocenters. The van der Waals surface area contributed by atoms with Crippen LogP contribution in [0.25, 0.3) is 0 Å². The van der Waals surface area contributed by atoms with Gasteiger partial charge in [0.2, 0.25) is 0 Å². The summed E-state index contributed by atoms with van der Waals surface area (Å²) in [5.74, 6) is 0.156. The highest BCUT2D eigenvalue weighted by molar-refractivity contribution is 5.88. The molecule has 1 saturated heterocycles. The van der Waals surface area contributed by atoms with Crippen LogP contribution in [-0.4, -0.2) is 42.1 Å². The van der Waals surface area contributed by atoms with E-state index in [0.717, 1.165) is 0 Å². The summed E-state index contributed by atoms with van der Waals surface area (Å²) >= 11 is 0. The van der Waals surface area contributed by atoms with Gasteiger partial charge in [-0.2, -0.15) is 0 Å². The summed E-state index contributed by atoms with van der Waals surface area (Å²) in [6.07, 6.45) is 1.24. The van der Waals surface area contributed by atoms with Crippen LogP contribution in [0.4, 0.5) is 16.3 Å². The average molecular weight is 292 g/mol. The quantitative estimate of drug-likeness (QED) is 0.803. The molecule has 0 spiro atoms. The highest BCUT2D eigenvalue weighted by atomic mass is 16.5. The van der Waals surface area contributed by atoms with Crippen molar-refractivity contribution in [3.63, 3.8) is 0 Å². The Morgan fingerprint density at radius 1 is 1.38 bits per heavy atom. The lowest BCUT2D eigenvalue weighted by molar-refractivity contribution is -0.146. The van der Waals surface area contributed by atoms with E-state index in [2.05, 4.69) is 10.3 Å². The van der Waals surface area contributed by atoms with E-state index in [1.807, 2.05) is 0 Å². The number of carbonyl (C=O) groups is 2. The number of carbonyl (C=O) groups excluding carboxylic acids is 2. The molecule has 0 aliphatic carbocycles. The Balaban J connectivity index is 1.90. The van der Waals surface area contributed by atoms with E-state index in [-0.39, 0.29) is 17.9 Å². The average Bonchev–Trinajstić information content (AvgIpc) is 2.50. The number of likely N-dealkylation sites (tertiary alicyclic amines) is 1. The number of hydrogen-bond acceptors (Lipinski definition) is 5. The van der Waals surface area contributed by atoms with Gasteiger partial charge in [-0.05, 0) is 31.9 Å². The third-order valence-electron chi connectivity index (χ3n) is 3.68. The van der Waals surface area contributed by atoms with Crippen molar-refractivity contribution in [3.05, 3.63) is 17.8 Å². The van der Waals surface area contributed by atoms with Crippen molar-refractivity contribution in [2.75, 3.05) is 31.2 Å². The third-order valence-corrected chi connectivity index (χ3v) is 3.68. The van der Waals surface area contributed by atoms with E-state index < -0.39 is 0 Å². The number of nitrogens with zero attached hydrogens (tertiary/aromatic N) is 2. The fourth-order valence-corrected chi connectivity index (χ4v) is 2.31. The molecule has 0 bridgehead atoms. The Hall–Kier alpha value is -2.31. The number of piperidine rings is 1. The van der Waals surface area contributed by atoms with Crippen LogP contribution >= 0.6 is 0 Å². The summed E-state index contributed by atoms with van der Waals surface area (Å²) < 4.78 is 4.73. The number of pyridine rings is 1. The van der Waals surface area contributed by atoms with Crippen LogP contribution in [0.15, 0.2) is 12.1 Å². The first-order chi connectivity index (χ1) is 10.0. The van der Waals surface area contributed by atoms with Crippen molar-refractivity contribution in [3.8, 4) is 0 Å². The first-order valence-corrected chi connectivity index (χ1v) is 6.88. The fourth-order valence-electron chi connectivity index (χ4n) is 2.31. The standard InChI is InChI=1S/C14H20N4O3/c1-9-11(15)3-4-12(16-9)17-14(20)18-7-5-10(6-8-18)13(19)21-2/h3-4,10H,5-8,15H2,1-2H3,(H,16,17,20). The molecule has 7 heteroatoms. The lowest BCUT2D eigenvalue weighted by atomic mass is 9.97. The Labute approximate surface area is 123 Å². The normalized spacial score (nSPS) is 15.6. The molecule has 0 aromatic carbocycles. The van der Waals surface area contributed by atoms with Gasteiger partial charge in [-0.15, -0.1) is 0 Å². The number of nitrogens with one attached hydrogen (secondary N) is 1. The van der Waals surface area contributed by atoms with Crippen molar-refractivity contribution in [1.29, 1.82) is 0 Å². The Kier molecular flexibility index (Phi) is 4.62. The number of amides is 2. The molecule has 1 aliphatic heterocycles. The van der Waals surface area contributed by atoms with E-state index in [4.69, 9.17) is 10.5 Å². The lowest BCUT2D eigenvalue weighted by Gasteiger charge is -2.30. The van der Waals surface area contributed by atoms with Gasteiger partial charge in [0.05, 0.1) is 24.4 Å². The molecule has 1 aromatic heterocycles. The number of nitrogens with two attached hydrogens (primary N) is 1. The van der Waals surface area contributed by atoms with E-state index in [1.54, 1.807) is 24.0 Å². The van der Waals surface area contributed by atoms with Crippen molar-refractivity contribution in [2.45, 2.75) is 19.8 Å². The molecule has 0 saturated carbocycles. The second kappa shape index (κ2) is 6.43. The first-order valence-electron chi connectivity index (χ1n) is 6.88. The van der Waals surface area contributed by atoms with Gasteiger partial charge in [0.1, 0.15) is 5.82 Å². The number of nitrogen functional groups attached to an aromatic ring is 1. The summed E-state index contributed by atoms with van der Waals surface area (Å²) in [7, 11) is 1.39. The van der Waals surface area contributed by atoms with E-state index >= 15 is 0 Å². The topological polar surface area (TPSA) is 97.5 Å². The summed E-state index contributed by atoms with van der Waals surface area (Å²) in [6.45, 7) is 2.84. The van der Waals surface area contributed by atoms with Crippen LogP contribution in [0, 0.1) is 12.8 Å². The SMILES string of the molecule is COC(=O)C1CCN(C(=O)Nc2ccc(N)c(C)n2)CC1. The van der Waals surface area contributed by atoms with Crippen molar-refractivity contribution in [1.82, 2.24) is 9.88 Å². The van der Waals surface area contributed by atoms with Gasteiger partial charge in [0.25, 0.3) is 0 Å². The summed E-state index contributed by atoms with van der Waals surface area (Å²) in [5, 5.41) is 2.74. The molecule has 1 fully saturated rings. The fraction of sp³-hybridized carbons (Fsp3) is 0.500. The van der Waals surface area contributed by atoms with Gasteiger partial charge in [-0.3, -0.25) is 10.1 Å². The molecule has 7 nitrogen and oxygen atoms in total. The molecule has 1 aromatic rings. The van der Waals surface area contributed by atoms with Gasteiger partial charge in [-0.1, -0.05) is 0 Å². The predicted molar refractivity (Wildman–Crippen MR) is 78.7 cm³/mol. The lowest BCUT2D eigenvalue weighted by Crippen LogP contribution is -2.42. The van der Waals surface area contributed by atoms with Gasteiger partial charge in [-0.25, -0.2) is 9.78 Å².